The summed E-state index contributed by atoms with van der Waals surface area (Å²) in [4.78, 5) is 58.3. The third-order valence-corrected chi connectivity index (χ3v) is 12.7. The van der Waals surface area contributed by atoms with Crippen molar-refractivity contribution in [1.29, 1.82) is 0 Å². The lowest BCUT2D eigenvalue weighted by Gasteiger charge is -2.43. The molecule has 1 aromatic heterocycles. The zero-order chi connectivity index (χ0) is 31.7. The number of H-pyrrole nitrogens is 1. The van der Waals surface area contributed by atoms with Gasteiger partial charge in [0.05, 0.1) is 29.7 Å². The Hall–Kier alpha value is -4.35. The first-order valence-electron chi connectivity index (χ1n) is 15.3. The van der Waals surface area contributed by atoms with Crippen molar-refractivity contribution < 1.29 is 23.9 Å². The number of carbonyl (C=O) groups excluding carboxylic acids is 3. The number of nitrogens with zero attached hydrogens (tertiary/aromatic N) is 1. The van der Waals surface area contributed by atoms with Gasteiger partial charge < -0.3 is 19.8 Å². The summed E-state index contributed by atoms with van der Waals surface area (Å²) in [5.41, 5.74) is 3.32. The number of rotatable bonds is 7. The van der Waals surface area contributed by atoms with E-state index in [-0.39, 0.29) is 70.0 Å². The zero-order valence-electron chi connectivity index (χ0n) is 25.1. The Bertz CT molecular complexity index is 1920. The maximum atomic E-state index is 14.0. The van der Waals surface area contributed by atoms with Crippen LogP contribution in [0.15, 0.2) is 82.6 Å². The second-order valence-corrected chi connectivity index (χ2v) is 14.6. The van der Waals surface area contributed by atoms with Gasteiger partial charge in [0.1, 0.15) is 11.5 Å². The largest absolute Gasteiger partial charge is 0.497 e. The van der Waals surface area contributed by atoms with Gasteiger partial charge in [-0.1, -0.05) is 41.7 Å². The number of fused-ring (bicyclic) bond motifs is 9. The average Bonchev–Trinajstić information content (AvgIpc) is 3.80. The molecule has 2 N–H and O–H groups in total. The first-order valence-corrected chi connectivity index (χ1v) is 17.0. The number of nitrogens with one attached hydrogen (secondary N) is 2. The summed E-state index contributed by atoms with van der Waals surface area (Å²) >= 11 is 2.89. The van der Waals surface area contributed by atoms with Gasteiger partial charge in [0.25, 0.3) is 5.91 Å². The monoisotopic (exact) mass is 653 g/mol. The molecule has 2 bridgehead atoms. The Balaban J connectivity index is 1.05. The van der Waals surface area contributed by atoms with Crippen LogP contribution >= 0.6 is 23.1 Å². The van der Waals surface area contributed by atoms with E-state index in [0.717, 1.165) is 33.1 Å². The first-order chi connectivity index (χ1) is 22.3. The lowest BCUT2D eigenvalue weighted by molar-refractivity contribution is -0.123. The second-order valence-electron chi connectivity index (χ2n) is 12.4. The van der Waals surface area contributed by atoms with Crippen LogP contribution in [0, 0.1) is 36.5 Å². The predicted octanol–water partition coefficient (Wildman–Crippen LogP) is 5.45. The molecule has 0 spiro atoms. The summed E-state index contributed by atoms with van der Waals surface area (Å²) in [6, 6.07) is 22.3. The number of hydrogen-bond acceptors (Lipinski definition) is 8. The van der Waals surface area contributed by atoms with Crippen LogP contribution in [0.4, 0.5) is 11.4 Å². The molecule has 2 saturated carbocycles. The van der Waals surface area contributed by atoms with Crippen molar-refractivity contribution in [3.8, 4) is 11.5 Å². The van der Waals surface area contributed by atoms with Gasteiger partial charge in [-0.2, -0.15) is 0 Å². The Kier molecular flexibility index (Phi) is 7.06. The molecule has 7 atom stereocenters. The molecule has 2 aliphatic carbocycles. The van der Waals surface area contributed by atoms with E-state index in [0.29, 0.717) is 17.2 Å². The maximum Gasteiger partial charge on any atom is 0.305 e. The smallest absolute Gasteiger partial charge is 0.305 e. The van der Waals surface area contributed by atoms with Crippen LogP contribution < -0.4 is 24.6 Å². The van der Waals surface area contributed by atoms with Crippen LogP contribution in [-0.2, 0) is 14.4 Å². The highest BCUT2D eigenvalue weighted by atomic mass is 32.2. The Labute approximate surface area is 273 Å². The van der Waals surface area contributed by atoms with Gasteiger partial charge in [0.2, 0.25) is 11.8 Å². The third kappa shape index (κ3) is 4.59. The van der Waals surface area contributed by atoms with Crippen molar-refractivity contribution in [2.24, 2.45) is 29.6 Å². The third-order valence-electron chi connectivity index (χ3n) is 10.1. The van der Waals surface area contributed by atoms with Crippen LogP contribution in [0.3, 0.4) is 0 Å². The van der Waals surface area contributed by atoms with Crippen molar-refractivity contribution in [3.05, 3.63) is 98.5 Å². The fourth-order valence-electron chi connectivity index (χ4n) is 8.20. The van der Waals surface area contributed by atoms with Crippen molar-refractivity contribution >= 4 is 52.2 Å². The topological polar surface area (TPSA) is 118 Å². The molecule has 9 nitrogen and oxygen atoms in total. The van der Waals surface area contributed by atoms with E-state index >= 15 is 0 Å². The van der Waals surface area contributed by atoms with E-state index in [4.69, 9.17) is 9.47 Å². The highest BCUT2D eigenvalue weighted by molar-refractivity contribution is 8.00. The summed E-state index contributed by atoms with van der Waals surface area (Å²) in [5.74, 6) is 0.0366. The number of aromatic amines is 1. The number of carbonyl (C=O) groups is 3. The minimum atomic E-state index is -0.379. The normalized spacial score (nSPS) is 27.3. The molecule has 1 saturated heterocycles. The average molecular weight is 654 g/mol. The first kappa shape index (κ1) is 29.1. The molecule has 8 rings (SSSR count). The summed E-state index contributed by atoms with van der Waals surface area (Å²) in [6.45, 7) is 1.81. The van der Waals surface area contributed by atoms with E-state index in [1.165, 1.54) is 16.2 Å². The lowest BCUT2D eigenvalue weighted by atomic mass is 9.68. The number of anilines is 2. The summed E-state index contributed by atoms with van der Waals surface area (Å²) < 4.78 is 11.1. The number of thioether (sulfide) groups is 1. The molecule has 234 valence electrons. The van der Waals surface area contributed by atoms with Gasteiger partial charge in [0, 0.05) is 21.7 Å². The Morgan fingerprint density at radius 3 is 2.35 bits per heavy atom. The van der Waals surface area contributed by atoms with E-state index in [1.807, 2.05) is 55.5 Å². The standard InChI is InChI=1S/C35H31N3O6S2/c1-17-5-3-4-6-24(17)36-25(39)16-44-21-11-7-18(8-12-21)26-27-22-15-23(30(27)45-32-31(26)46-35(42)37-32)29-28(22)33(40)38(34(29)41)19-9-13-20(43-2)14-10-19/h3-14,22-23,26-30H,15-16H2,1-2H3,(H,36,39)(H,37,42)/t22-,23-,26-,27?,28?,29?,30?/m1/s1. The van der Waals surface area contributed by atoms with Gasteiger partial charge in [0.15, 0.2) is 6.61 Å². The van der Waals surface area contributed by atoms with Crippen LogP contribution in [0.25, 0.3) is 0 Å². The quantitative estimate of drug-likeness (QED) is 0.255. The van der Waals surface area contributed by atoms with Crippen molar-refractivity contribution in [1.82, 2.24) is 4.98 Å². The number of imide groups is 1. The SMILES string of the molecule is COc1ccc(N2C(=O)C3C(C2=O)[C@@H]2C[C@H]3C3Sc4[nH]c(=O)sc4[C@H](c4ccc(OCC(=O)Nc5ccccc5C)cc4)C32)cc1. The van der Waals surface area contributed by atoms with Gasteiger partial charge >= 0.3 is 4.87 Å². The fraction of sp³-hybridized carbons (Fsp3) is 0.314. The molecule has 2 aliphatic heterocycles. The van der Waals surface area contributed by atoms with Gasteiger partial charge in [-0.3, -0.25) is 24.1 Å². The molecule has 3 aromatic carbocycles. The van der Waals surface area contributed by atoms with E-state index in [2.05, 4.69) is 10.3 Å². The fourth-order valence-corrected chi connectivity index (χ4v) is 11.1. The number of amides is 3. The molecule has 3 amide bonds. The minimum absolute atomic E-state index is 0.0172. The minimum Gasteiger partial charge on any atom is -0.497 e. The summed E-state index contributed by atoms with van der Waals surface area (Å²) in [5, 5.41) is 3.85. The van der Waals surface area contributed by atoms with Crippen molar-refractivity contribution in [2.45, 2.75) is 29.5 Å². The predicted molar refractivity (Wildman–Crippen MR) is 176 cm³/mol. The van der Waals surface area contributed by atoms with Crippen LogP contribution in [-0.4, -0.2) is 41.7 Å². The Morgan fingerprint density at radius 1 is 0.935 bits per heavy atom. The number of para-hydroxylation sites is 1. The van der Waals surface area contributed by atoms with Crippen molar-refractivity contribution in [2.75, 3.05) is 23.9 Å². The van der Waals surface area contributed by atoms with Gasteiger partial charge in [-0.05, 0) is 84.7 Å². The number of benzene rings is 3. The number of methoxy groups -OCH3 is 1. The molecule has 3 fully saturated rings. The molecule has 3 heterocycles. The molecule has 4 aliphatic rings. The number of aromatic nitrogens is 1. The number of ether oxygens (including phenoxy) is 2. The van der Waals surface area contributed by atoms with Crippen LogP contribution in [0.5, 0.6) is 11.5 Å². The zero-order valence-corrected chi connectivity index (χ0v) is 26.7. The van der Waals surface area contributed by atoms with E-state index in [9.17, 15) is 19.2 Å². The van der Waals surface area contributed by atoms with Gasteiger partial charge in [-0.25, -0.2) is 0 Å². The lowest BCUT2D eigenvalue weighted by Crippen LogP contribution is -2.42. The van der Waals surface area contributed by atoms with Crippen molar-refractivity contribution in [3.63, 3.8) is 0 Å². The summed E-state index contributed by atoms with van der Waals surface area (Å²) in [7, 11) is 1.58. The van der Waals surface area contributed by atoms with Crippen LogP contribution in [0.1, 0.15) is 28.3 Å². The molecule has 11 heteroatoms. The highest BCUT2D eigenvalue weighted by Gasteiger charge is 2.69. The molecular formula is C35H31N3O6S2. The maximum absolute atomic E-state index is 14.0. The number of aryl methyl sites for hydroxylation is 1. The van der Waals surface area contributed by atoms with Gasteiger partial charge in [-0.15, -0.1) is 11.8 Å². The highest BCUT2D eigenvalue weighted by Crippen LogP contribution is 2.68. The molecule has 0 radical (unpaired) electrons. The molecule has 4 aromatic rings. The number of hydrogen-bond donors (Lipinski definition) is 2. The van der Waals surface area contributed by atoms with Crippen LogP contribution in [0.2, 0.25) is 0 Å². The molecular weight excluding hydrogens is 623 g/mol. The summed E-state index contributed by atoms with van der Waals surface area (Å²) in [6.07, 6.45) is 0.818. The number of thiazole rings is 1. The molecule has 4 unspecified atom stereocenters. The molecule has 46 heavy (non-hydrogen) atoms. The van der Waals surface area contributed by atoms with E-state index in [1.54, 1.807) is 43.1 Å². The van der Waals surface area contributed by atoms with E-state index < -0.39 is 0 Å². The second kappa shape index (κ2) is 11.2. The Morgan fingerprint density at radius 2 is 1.63 bits per heavy atom.